The minimum absolute atomic E-state index is 0.0938. The van der Waals surface area contributed by atoms with Crippen LogP contribution in [0.2, 0.25) is 0 Å². The molecule has 0 aliphatic rings. The van der Waals surface area contributed by atoms with Gasteiger partial charge in [0.1, 0.15) is 11.5 Å². The molecule has 0 aromatic carbocycles. The summed E-state index contributed by atoms with van der Waals surface area (Å²) < 4.78 is 0.664. The maximum absolute atomic E-state index is 10.6. The molecular weight excluding hydrogens is 316 g/mol. The number of carboxylic acid groups (broad SMARTS) is 1. The third-order valence-corrected chi connectivity index (χ3v) is 2.88. The second kappa shape index (κ2) is 5.74. The third kappa shape index (κ3) is 3.25. The summed E-state index contributed by atoms with van der Waals surface area (Å²) in [6, 6.07) is 0. The van der Waals surface area contributed by atoms with Gasteiger partial charge in [0.05, 0.1) is 25.5 Å². The van der Waals surface area contributed by atoms with Crippen molar-refractivity contribution in [2.45, 2.75) is 20.0 Å². The molecule has 0 aliphatic heterocycles. The zero-order valence-electron chi connectivity index (χ0n) is 10.0. The van der Waals surface area contributed by atoms with Crippen LogP contribution in [-0.4, -0.2) is 36.0 Å². The largest absolute Gasteiger partial charge is 0.476 e. The number of carboxylic acids is 1. The van der Waals surface area contributed by atoms with Crippen molar-refractivity contribution < 1.29 is 9.90 Å². The van der Waals surface area contributed by atoms with Gasteiger partial charge in [-0.15, -0.1) is 5.10 Å². The zero-order chi connectivity index (χ0) is 13.8. The molecule has 0 saturated carbocycles. The summed E-state index contributed by atoms with van der Waals surface area (Å²) in [5.74, 6) is -0.629. The van der Waals surface area contributed by atoms with E-state index in [1.54, 1.807) is 4.80 Å². The molecule has 0 atom stereocenters. The Hall–Kier alpha value is -2.03. The first-order chi connectivity index (χ1) is 9.10. The molecule has 19 heavy (non-hydrogen) atoms. The predicted molar refractivity (Wildman–Crippen MR) is 69.7 cm³/mol. The van der Waals surface area contributed by atoms with Crippen molar-refractivity contribution in [2.75, 3.05) is 5.32 Å². The van der Waals surface area contributed by atoms with Gasteiger partial charge in [0.2, 0.25) is 0 Å². The number of nitrogens with one attached hydrogen (secondary N) is 1. The molecule has 2 aromatic heterocycles. The normalized spacial score (nSPS) is 10.4. The van der Waals surface area contributed by atoms with Crippen LogP contribution >= 0.6 is 15.9 Å². The van der Waals surface area contributed by atoms with Gasteiger partial charge in [0, 0.05) is 0 Å². The molecule has 0 amide bonds. The zero-order valence-corrected chi connectivity index (χ0v) is 11.6. The van der Waals surface area contributed by atoms with Crippen LogP contribution in [0.1, 0.15) is 23.1 Å². The van der Waals surface area contributed by atoms with Gasteiger partial charge in [-0.2, -0.15) is 9.90 Å². The lowest BCUT2D eigenvalue weighted by Gasteiger charge is -2.02. The van der Waals surface area contributed by atoms with E-state index in [1.807, 2.05) is 6.92 Å². The minimum Gasteiger partial charge on any atom is -0.476 e. The van der Waals surface area contributed by atoms with Crippen molar-refractivity contribution in [1.82, 2.24) is 25.0 Å². The van der Waals surface area contributed by atoms with Gasteiger partial charge in [-0.3, -0.25) is 0 Å². The van der Waals surface area contributed by atoms with E-state index in [4.69, 9.17) is 5.11 Å². The van der Waals surface area contributed by atoms with Crippen LogP contribution in [0.25, 0.3) is 0 Å². The van der Waals surface area contributed by atoms with Crippen molar-refractivity contribution in [3.8, 4) is 0 Å². The number of halogens is 1. The summed E-state index contributed by atoms with van der Waals surface area (Å²) in [6.45, 7) is 3.05. The maximum atomic E-state index is 10.6. The van der Waals surface area contributed by atoms with Crippen molar-refractivity contribution in [3.63, 3.8) is 0 Å². The van der Waals surface area contributed by atoms with Crippen molar-refractivity contribution in [2.24, 2.45) is 0 Å². The third-order valence-electron chi connectivity index (χ3n) is 2.27. The quantitative estimate of drug-likeness (QED) is 0.849. The van der Waals surface area contributed by atoms with Gasteiger partial charge >= 0.3 is 5.97 Å². The SMILES string of the molecule is CCn1nc(Br)c(CNc2cnc(C(=O)O)cn2)n1. The second-order valence-electron chi connectivity index (χ2n) is 3.57. The molecule has 2 rings (SSSR count). The van der Waals surface area contributed by atoms with Crippen molar-refractivity contribution in [3.05, 3.63) is 28.4 Å². The average molecular weight is 327 g/mol. The Labute approximate surface area is 117 Å². The predicted octanol–water partition coefficient (Wildman–Crippen LogP) is 1.16. The molecule has 0 bridgehead atoms. The monoisotopic (exact) mass is 326 g/mol. The highest BCUT2D eigenvalue weighted by molar-refractivity contribution is 9.10. The summed E-state index contributed by atoms with van der Waals surface area (Å²) in [7, 11) is 0. The Bertz CT molecular complexity index is 582. The van der Waals surface area contributed by atoms with Crippen LogP contribution in [0.5, 0.6) is 0 Å². The summed E-state index contributed by atoms with van der Waals surface area (Å²) in [4.78, 5) is 19.9. The van der Waals surface area contributed by atoms with Crippen LogP contribution in [0, 0.1) is 0 Å². The number of rotatable bonds is 5. The van der Waals surface area contributed by atoms with Gasteiger partial charge in [0.25, 0.3) is 0 Å². The molecule has 2 heterocycles. The molecule has 100 valence electrons. The van der Waals surface area contributed by atoms with E-state index < -0.39 is 5.97 Å². The lowest BCUT2D eigenvalue weighted by Crippen LogP contribution is -2.06. The first-order valence-electron chi connectivity index (χ1n) is 5.49. The number of hydrogen-bond acceptors (Lipinski definition) is 6. The molecule has 0 radical (unpaired) electrons. The molecular formula is C10H11BrN6O2. The summed E-state index contributed by atoms with van der Waals surface area (Å²) in [5.41, 5.74) is 0.648. The van der Waals surface area contributed by atoms with Crippen molar-refractivity contribution >= 4 is 27.7 Å². The molecule has 0 aliphatic carbocycles. The van der Waals surface area contributed by atoms with E-state index >= 15 is 0 Å². The number of anilines is 1. The van der Waals surface area contributed by atoms with Crippen LogP contribution in [0.4, 0.5) is 5.82 Å². The number of aryl methyl sites for hydroxylation is 1. The topological polar surface area (TPSA) is 106 Å². The number of hydrogen-bond donors (Lipinski definition) is 2. The van der Waals surface area contributed by atoms with Gasteiger partial charge in [-0.05, 0) is 22.9 Å². The number of carbonyl (C=O) groups is 1. The fourth-order valence-corrected chi connectivity index (χ4v) is 1.72. The Balaban J connectivity index is 2.01. The van der Waals surface area contributed by atoms with Gasteiger partial charge in [-0.1, -0.05) is 0 Å². The Morgan fingerprint density at radius 2 is 2.21 bits per heavy atom. The molecule has 0 saturated heterocycles. The highest BCUT2D eigenvalue weighted by Crippen LogP contribution is 2.12. The van der Waals surface area contributed by atoms with Crippen LogP contribution in [0.3, 0.4) is 0 Å². The van der Waals surface area contributed by atoms with E-state index in [2.05, 4.69) is 41.4 Å². The Kier molecular flexibility index (Phi) is 4.05. The minimum atomic E-state index is -1.10. The molecule has 9 heteroatoms. The van der Waals surface area contributed by atoms with Gasteiger partial charge in [0.15, 0.2) is 10.3 Å². The van der Waals surface area contributed by atoms with E-state index in [9.17, 15) is 4.79 Å². The molecule has 0 spiro atoms. The molecule has 2 aromatic rings. The number of nitrogens with zero attached hydrogens (tertiary/aromatic N) is 5. The highest BCUT2D eigenvalue weighted by Gasteiger charge is 2.08. The second-order valence-corrected chi connectivity index (χ2v) is 4.32. The summed E-state index contributed by atoms with van der Waals surface area (Å²) in [6.07, 6.45) is 2.56. The average Bonchev–Trinajstić information content (AvgIpc) is 2.77. The maximum Gasteiger partial charge on any atom is 0.356 e. The molecule has 2 N–H and O–H groups in total. The summed E-state index contributed by atoms with van der Waals surface area (Å²) in [5, 5.41) is 20.1. The van der Waals surface area contributed by atoms with E-state index in [0.29, 0.717) is 23.5 Å². The fourth-order valence-electron chi connectivity index (χ4n) is 1.32. The molecule has 0 unspecified atom stereocenters. The highest BCUT2D eigenvalue weighted by atomic mass is 79.9. The fraction of sp³-hybridized carbons (Fsp3) is 0.300. The number of aromatic nitrogens is 5. The smallest absolute Gasteiger partial charge is 0.356 e. The summed E-state index contributed by atoms with van der Waals surface area (Å²) >= 11 is 3.31. The van der Waals surface area contributed by atoms with Gasteiger partial charge < -0.3 is 10.4 Å². The lowest BCUT2D eigenvalue weighted by molar-refractivity contribution is 0.0690. The Morgan fingerprint density at radius 3 is 2.74 bits per heavy atom. The van der Waals surface area contributed by atoms with Crippen LogP contribution < -0.4 is 5.32 Å². The Morgan fingerprint density at radius 1 is 1.42 bits per heavy atom. The van der Waals surface area contributed by atoms with E-state index in [1.165, 1.54) is 12.4 Å². The van der Waals surface area contributed by atoms with Crippen molar-refractivity contribution in [1.29, 1.82) is 0 Å². The lowest BCUT2D eigenvalue weighted by atomic mass is 10.4. The first-order valence-corrected chi connectivity index (χ1v) is 6.28. The molecule has 0 fully saturated rings. The van der Waals surface area contributed by atoms with E-state index in [-0.39, 0.29) is 5.69 Å². The standard InChI is InChI=1S/C10H11BrN6O2/c1-2-17-15-6(9(11)16-17)3-13-8-5-12-7(4-14-8)10(18)19/h4-5H,2-3H2,1H3,(H,13,14)(H,18,19). The van der Waals surface area contributed by atoms with Gasteiger partial charge in [-0.25, -0.2) is 14.8 Å². The molecule has 8 nitrogen and oxygen atoms in total. The van der Waals surface area contributed by atoms with E-state index in [0.717, 1.165) is 5.69 Å². The number of aromatic carboxylic acids is 1. The van der Waals surface area contributed by atoms with Crippen LogP contribution in [0.15, 0.2) is 17.0 Å². The first kappa shape index (κ1) is 13.4. The van der Waals surface area contributed by atoms with Crippen LogP contribution in [-0.2, 0) is 13.1 Å².